The van der Waals surface area contributed by atoms with Crippen LogP contribution in [-0.2, 0) is 14.6 Å². The van der Waals surface area contributed by atoms with Crippen LogP contribution in [0.3, 0.4) is 0 Å². The van der Waals surface area contributed by atoms with Gasteiger partial charge in [0.15, 0.2) is 0 Å². The smallest absolute Gasteiger partial charge is 0.311 e. The fraction of sp³-hybridized carbons (Fsp3) is 1.00. The summed E-state index contributed by atoms with van der Waals surface area (Å²) in [6.07, 6.45) is 0.641. The van der Waals surface area contributed by atoms with Crippen molar-refractivity contribution < 1.29 is 17.2 Å². The quantitative estimate of drug-likeness (QED) is 0.457. The van der Waals surface area contributed by atoms with Crippen molar-refractivity contribution in [2.75, 3.05) is 13.2 Å². The lowest BCUT2D eigenvalue weighted by atomic mass is 10.0. The molecule has 6 nitrogen and oxygen atoms in total. The molecule has 0 aromatic heterocycles. The Morgan fingerprint density at radius 1 is 1.73 bits per heavy atom. The van der Waals surface area contributed by atoms with Gasteiger partial charge in [-0.25, -0.2) is 4.18 Å². The Bertz CT molecular complexity index is 232. The van der Waals surface area contributed by atoms with Gasteiger partial charge in [0, 0.05) is 6.54 Å². The Hall–Kier alpha value is -0.210. The summed E-state index contributed by atoms with van der Waals surface area (Å²) < 4.78 is 32.4. The Kier molecular flexibility index (Phi) is 2.17. The molecule has 1 rings (SSSR count). The van der Waals surface area contributed by atoms with Crippen LogP contribution in [0.4, 0.5) is 0 Å². The average Bonchev–Trinajstić information content (AvgIpc) is 1.77. The van der Waals surface area contributed by atoms with Crippen molar-refractivity contribution in [3.05, 3.63) is 0 Å². The van der Waals surface area contributed by atoms with Crippen molar-refractivity contribution in [1.29, 1.82) is 0 Å². The van der Waals surface area contributed by atoms with Gasteiger partial charge in [0.1, 0.15) is 0 Å². The van der Waals surface area contributed by atoms with E-state index >= 15 is 0 Å². The van der Waals surface area contributed by atoms with Crippen molar-refractivity contribution >= 4 is 10.4 Å². The minimum atomic E-state index is -4.35. The molecule has 1 aliphatic rings. The SMILES string of the molecule is NC1(COS(=O)(=O)O)CCN1. The highest BCUT2D eigenvalue weighted by Gasteiger charge is 2.33. The van der Waals surface area contributed by atoms with Gasteiger partial charge in [-0.05, 0) is 6.42 Å². The van der Waals surface area contributed by atoms with Gasteiger partial charge in [-0.15, -0.1) is 0 Å². The molecule has 66 valence electrons. The second-order valence-corrected chi connectivity index (χ2v) is 3.61. The lowest BCUT2D eigenvalue weighted by Gasteiger charge is -2.38. The predicted octanol–water partition coefficient (Wildman–Crippen LogP) is -1.55. The highest BCUT2D eigenvalue weighted by molar-refractivity contribution is 7.80. The summed E-state index contributed by atoms with van der Waals surface area (Å²) >= 11 is 0. The fourth-order valence-electron chi connectivity index (χ4n) is 0.749. The molecule has 1 fully saturated rings. The minimum absolute atomic E-state index is 0.230. The van der Waals surface area contributed by atoms with Crippen LogP contribution >= 0.6 is 0 Å². The Morgan fingerprint density at radius 2 is 2.27 bits per heavy atom. The van der Waals surface area contributed by atoms with E-state index in [9.17, 15) is 8.42 Å². The molecule has 0 amide bonds. The van der Waals surface area contributed by atoms with Crippen LogP contribution in [0.15, 0.2) is 0 Å². The van der Waals surface area contributed by atoms with Crippen LogP contribution < -0.4 is 11.1 Å². The summed E-state index contributed by atoms with van der Waals surface area (Å²) in [6, 6.07) is 0. The molecule has 0 aromatic carbocycles. The predicted molar refractivity (Wildman–Crippen MR) is 37.0 cm³/mol. The summed E-state index contributed by atoms with van der Waals surface area (Å²) in [4.78, 5) is 0. The molecule has 0 spiro atoms. The molecule has 0 aliphatic carbocycles. The first-order chi connectivity index (χ1) is 4.91. The number of nitrogens with one attached hydrogen (secondary N) is 1. The second kappa shape index (κ2) is 2.68. The third kappa shape index (κ3) is 2.72. The first kappa shape index (κ1) is 8.88. The lowest BCUT2D eigenvalue weighted by molar-refractivity contribution is 0.115. The Balaban J connectivity index is 2.33. The van der Waals surface area contributed by atoms with Gasteiger partial charge in [-0.3, -0.25) is 9.87 Å². The molecule has 11 heavy (non-hydrogen) atoms. The van der Waals surface area contributed by atoms with E-state index in [1.165, 1.54) is 0 Å². The van der Waals surface area contributed by atoms with E-state index in [0.29, 0.717) is 6.42 Å². The van der Waals surface area contributed by atoms with E-state index in [1.807, 2.05) is 0 Å². The van der Waals surface area contributed by atoms with E-state index < -0.39 is 16.1 Å². The second-order valence-electron chi connectivity index (χ2n) is 2.52. The summed E-state index contributed by atoms with van der Waals surface area (Å²) in [6.45, 7) is 0.511. The maximum Gasteiger partial charge on any atom is 0.397 e. The monoisotopic (exact) mass is 182 g/mol. The van der Waals surface area contributed by atoms with Crippen LogP contribution in [0, 0.1) is 0 Å². The first-order valence-electron chi connectivity index (χ1n) is 3.07. The van der Waals surface area contributed by atoms with Gasteiger partial charge in [0.25, 0.3) is 0 Å². The normalized spacial score (nSPS) is 31.5. The van der Waals surface area contributed by atoms with E-state index in [2.05, 4.69) is 9.50 Å². The van der Waals surface area contributed by atoms with Crippen molar-refractivity contribution in [2.24, 2.45) is 5.73 Å². The van der Waals surface area contributed by atoms with Crippen LogP contribution in [0.1, 0.15) is 6.42 Å². The fourth-order valence-corrected chi connectivity index (χ4v) is 1.11. The molecule has 1 saturated heterocycles. The van der Waals surface area contributed by atoms with Gasteiger partial charge in [0.05, 0.1) is 12.3 Å². The van der Waals surface area contributed by atoms with Gasteiger partial charge in [-0.2, -0.15) is 8.42 Å². The molecule has 0 saturated carbocycles. The molecular weight excluding hydrogens is 172 g/mol. The molecule has 1 unspecified atom stereocenters. The van der Waals surface area contributed by atoms with Crippen molar-refractivity contribution in [1.82, 2.24) is 5.32 Å². The molecular formula is C4H10N2O4S. The van der Waals surface area contributed by atoms with Gasteiger partial charge < -0.3 is 5.73 Å². The summed E-state index contributed by atoms with van der Waals surface area (Å²) in [5, 5.41) is 2.77. The lowest BCUT2D eigenvalue weighted by Crippen LogP contribution is -2.66. The Labute approximate surface area is 64.7 Å². The van der Waals surface area contributed by atoms with Gasteiger partial charge >= 0.3 is 10.4 Å². The highest BCUT2D eigenvalue weighted by atomic mass is 32.3. The van der Waals surface area contributed by atoms with Gasteiger partial charge in [-0.1, -0.05) is 0 Å². The molecule has 0 radical (unpaired) electrons. The number of hydrogen-bond donors (Lipinski definition) is 3. The zero-order chi connectivity index (χ0) is 8.54. The van der Waals surface area contributed by atoms with Crippen LogP contribution in [0.5, 0.6) is 0 Å². The molecule has 4 N–H and O–H groups in total. The van der Waals surface area contributed by atoms with E-state index in [-0.39, 0.29) is 6.61 Å². The summed E-state index contributed by atoms with van der Waals surface area (Å²) in [5.41, 5.74) is 4.72. The highest BCUT2D eigenvalue weighted by Crippen LogP contribution is 2.12. The number of nitrogens with two attached hydrogens (primary N) is 1. The van der Waals surface area contributed by atoms with Gasteiger partial charge in [0.2, 0.25) is 0 Å². The summed E-state index contributed by atoms with van der Waals surface area (Å²) in [5.74, 6) is 0. The third-order valence-electron chi connectivity index (χ3n) is 1.51. The first-order valence-corrected chi connectivity index (χ1v) is 4.44. The maximum absolute atomic E-state index is 10.1. The Morgan fingerprint density at radius 3 is 2.55 bits per heavy atom. The molecule has 0 aromatic rings. The standard InChI is InChI=1S/C4H10N2O4S/c5-4(1-2-6-4)3-10-11(7,8)9/h6H,1-3,5H2,(H,7,8,9). The van der Waals surface area contributed by atoms with E-state index in [1.54, 1.807) is 0 Å². The molecule has 1 heterocycles. The van der Waals surface area contributed by atoms with Crippen LogP contribution in [-0.4, -0.2) is 31.8 Å². The average molecular weight is 182 g/mol. The zero-order valence-corrected chi connectivity index (χ0v) is 6.60. The largest absolute Gasteiger partial charge is 0.397 e. The number of rotatable bonds is 3. The maximum atomic E-state index is 10.1. The summed E-state index contributed by atoms with van der Waals surface area (Å²) in [7, 11) is -4.35. The van der Waals surface area contributed by atoms with Crippen molar-refractivity contribution in [3.63, 3.8) is 0 Å². The van der Waals surface area contributed by atoms with Crippen LogP contribution in [0.2, 0.25) is 0 Å². The molecule has 1 atom stereocenters. The van der Waals surface area contributed by atoms with Crippen molar-refractivity contribution in [3.8, 4) is 0 Å². The molecule has 0 bridgehead atoms. The van der Waals surface area contributed by atoms with Crippen molar-refractivity contribution in [2.45, 2.75) is 12.1 Å². The van der Waals surface area contributed by atoms with Crippen LogP contribution in [0.25, 0.3) is 0 Å². The minimum Gasteiger partial charge on any atom is -0.311 e. The molecule has 1 aliphatic heterocycles. The molecule has 7 heteroatoms. The number of hydrogen-bond acceptors (Lipinski definition) is 5. The topological polar surface area (TPSA) is 102 Å². The zero-order valence-electron chi connectivity index (χ0n) is 5.78. The van der Waals surface area contributed by atoms with E-state index in [0.717, 1.165) is 6.54 Å². The van der Waals surface area contributed by atoms with E-state index in [4.69, 9.17) is 10.3 Å². The third-order valence-corrected chi connectivity index (χ3v) is 1.93.